The van der Waals surface area contributed by atoms with Crippen molar-refractivity contribution >= 4 is 10.1 Å². The number of aromatic hydroxyl groups is 1. The van der Waals surface area contributed by atoms with Gasteiger partial charge in [0.05, 0.1) is 4.90 Å². The Kier molecular flexibility index (Phi) is 4.88. The van der Waals surface area contributed by atoms with Crippen LogP contribution in [0.15, 0.2) is 59.5 Å². The summed E-state index contributed by atoms with van der Waals surface area (Å²) in [7, 11) is -4.02. The predicted molar refractivity (Wildman–Crippen MR) is 69.1 cm³/mol. The second-order valence-electron chi connectivity index (χ2n) is 3.62. The van der Waals surface area contributed by atoms with Crippen molar-refractivity contribution in [3.63, 3.8) is 0 Å². The van der Waals surface area contributed by atoms with Crippen molar-refractivity contribution in [3.8, 4) is 5.75 Å². The number of aryl methyl sites for hydroxylation is 1. The lowest BCUT2D eigenvalue weighted by molar-refractivity contribution is 0.475. The molecule has 96 valence electrons. The molecular formula is C13H14O4S. The van der Waals surface area contributed by atoms with E-state index in [1.54, 1.807) is 36.4 Å². The highest BCUT2D eigenvalue weighted by Gasteiger charge is 2.06. The van der Waals surface area contributed by atoms with Gasteiger partial charge in [-0.05, 0) is 31.2 Å². The predicted octanol–water partition coefficient (Wildman–Crippen LogP) is 2.63. The summed E-state index contributed by atoms with van der Waals surface area (Å²) < 4.78 is 29.6. The summed E-state index contributed by atoms with van der Waals surface area (Å²) in [5, 5.41) is 8.63. The second kappa shape index (κ2) is 6.18. The molecule has 0 aromatic heterocycles. The monoisotopic (exact) mass is 266 g/mol. The van der Waals surface area contributed by atoms with Crippen LogP contribution in [0.1, 0.15) is 5.56 Å². The maximum atomic E-state index is 10.5. The number of rotatable bonds is 1. The summed E-state index contributed by atoms with van der Waals surface area (Å²) in [6.07, 6.45) is 0. The van der Waals surface area contributed by atoms with E-state index in [4.69, 9.17) is 9.66 Å². The standard InChI is InChI=1S/C7H8O3S.C6H6O/c1-6-2-4-7(5-3-6)11(8,9)10;7-6-4-2-1-3-5-6/h2-5H,1H3,(H,8,9,10);1-5,7H. The van der Waals surface area contributed by atoms with Crippen molar-refractivity contribution in [3.05, 3.63) is 60.2 Å². The zero-order valence-corrected chi connectivity index (χ0v) is 10.6. The summed E-state index contributed by atoms with van der Waals surface area (Å²) in [6, 6.07) is 14.7. The number of phenolic OH excluding ortho intramolecular Hbond substituents is 1. The first-order chi connectivity index (χ1) is 8.39. The van der Waals surface area contributed by atoms with Gasteiger partial charge < -0.3 is 5.11 Å². The fourth-order valence-electron chi connectivity index (χ4n) is 1.14. The van der Waals surface area contributed by atoms with Crippen molar-refractivity contribution in [2.45, 2.75) is 11.8 Å². The molecule has 0 saturated heterocycles. The van der Waals surface area contributed by atoms with Gasteiger partial charge in [0.25, 0.3) is 10.1 Å². The van der Waals surface area contributed by atoms with Crippen LogP contribution in [0, 0.1) is 6.92 Å². The molecule has 4 nitrogen and oxygen atoms in total. The van der Waals surface area contributed by atoms with E-state index in [1.807, 2.05) is 13.0 Å². The Morgan fingerprint density at radius 2 is 1.39 bits per heavy atom. The molecule has 0 unspecified atom stereocenters. The Bertz CT molecular complexity index is 574. The minimum absolute atomic E-state index is 0.0666. The van der Waals surface area contributed by atoms with Gasteiger partial charge in [-0.2, -0.15) is 8.42 Å². The molecule has 18 heavy (non-hydrogen) atoms. The van der Waals surface area contributed by atoms with Gasteiger partial charge in [0.2, 0.25) is 0 Å². The summed E-state index contributed by atoms with van der Waals surface area (Å²) in [6.45, 7) is 1.84. The van der Waals surface area contributed by atoms with Gasteiger partial charge in [-0.15, -0.1) is 0 Å². The van der Waals surface area contributed by atoms with Crippen LogP contribution in [-0.2, 0) is 10.1 Å². The molecular weight excluding hydrogens is 252 g/mol. The normalized spacial score (nSPS) is 10.3. The van der Waals surface area contributed by atoms with E-state index in [0.717, 1.165) is 5.56 Å². The molecule has 0 fully saturated rings. The first-order valence-electron chi connectivity index (χ1n) is 5.18. The van der Waals surface area contributed by atoms with E-state index >= 15 is 0 Å². The zero-order chi connectivity index (χ0) is 13.6. The maximum absolute atomic E-state index is 10.5. The lowest BCUT2D eigenvalue weighted by atomic mass is 10.2. The molecule has 0 radical (unpaired) electrons. The van der Waals surface area contributed by atoms with E-state index in [0.29, 0.717) is 5.75 Å². The third-order valence-corrected chi connectivity index (χ3v) is 2.94. The zero-order valence-electron chi connectivity index (χ0n) is 9.82. The van der Waals surface area contributed by atoms with E-state index < -0.39 is 10.1 Å². The molecule has 2 N–H and O–H groups in total. The van der Waals surface area contributed by atoms with Gasteiger partial charge in [-0.25, -0.2) is 0 Å². The van der Waals surface area contributed by atoms with Gasteiger partial charge >= 0.3 is 0 Å². The Morgan fingerprint density at radius 3 is 1.72 bits per heavy atom. The highest BCUT2D eigenvalue weighted by molar-refractivity contribution is 7.85. The summed E-state index contributed by atoms with van der Waals surface area (Å²) >= 11 is 0. The van der Waals surface area contributed by atoms with Crippen molar-refractivity contribution in [2.24, 2.45) is 0 Å². The molecule has 0 spiro atoms. The topological polar surface area (TPSA) is 74.6 Å². The van der Waals surface area contributed by atoms with E-state index in [-0.39, 0.29) is 4.90 Å². The van der Waals surface area contributed by atoms with Gasteiger partial charge in [0, 0.05) is 0 Å². The average molecular weight is 266 g/mol. The molecule has 2 aromatic rings. The van der Waals surface area contributed by atoms with Gasteiger partial charge in [0.15, 0.2) is 0 Å². The van der Waals surface area contributed by atoms with Crippen molar-refractivity contribution in [1.82, 2.24) is 0 Å². The smallest absolute Gasteiger partial charge is 0.294 e. The Balaban J connectivity index is 0.000000199. The summed E-state index contributed by atoms with van der Waals surface area (Å²) in [5.74, 6) is 0.322. The fraction of sp³-hybridized carbons (Fsp3) is 0.0769. The largest absolute Gasteiger partial charge is 0.508 e. The van der Waals surface area contributed by atoms with Gasteiger partial charge in [-0.3, -0.25) is 4.55 Å². The Labute approximate surface area is 106 Å². The molecule has 0 aliphatic rings. The van der Waals surface area contributed by atoms with Crippen LogP contribution in [0.5, 0.6) is 5.75 Å². The van der Waals surface area contributed by atoms with Crippen molar-refractivity contribution < 1.29 is 18.1 Å². The molecule has 0 atom stereocenters. The lowest BCUT2D eigenvalue weighted by Crippen LogP contribution is -1.96. The first kappa shape index (κ1) is 14.2. The van der Waals surface area contributed by atoms with Crippen LogP contribution in [-0.4, -0.2) is 18.1 Å². The van der Waals surface area contributed by atoms with Crippen LogP contribution in [0.2, 0.25) is 0 Å². The minimum atomic E-state index is -4.02. The maximum Gasteiger partial charge on any atom is 0.294 e. The average Bonchev–Trinajstić information content (AvgIpc) is 2.30. The van der Waals surface area contributed by atoms with Crippen LogP contribution >= 0.6 is 0 Å². The van der Waals surface area contributed by atoms with Crippen LogP contribution in [0.25, 0.3) is 0 Å². The molecule has 0 heterocycles. The van der Waals surface area contributed by atoms with Gasteiger partial charge in [-0.1, -0.05) is 35.9 Å². The quantitative estimate of drug-likeness (QED) is 0.778. The molecule has 0 amide bonds. The molecule has 0 bridgehead atoms. The summed E-state index contributed by atoms with van der Waals surface area (Å²) in [4.78, 5) is -0.0666. The highest BCUT2D eigenvalue weighted by Crippen LogP contribution is 2.08. The summed E-state index contributed by atoms with van der Waals surface area (Å²) in [5.41, 5.74) is 0.956. The van der Waals surface area contributed by atoms with E-state index in [2.05, 4.69) is 0 Å². The SMILES string of the molecule is Cc1ccc(S(=O)(=O)O)cc1.Oc1ccccc1. The number of hydrogen-bond donors (Lipinski definition) is 2. The third kappa shape index (κ3) is 4.99. The molecule has 2 aromatic carbocycles. The van der Waals surface area contributed by atoms with Crippen LogP contribution in [0.4, 0.5) is 0 Å². The fourth-order valence-corrected chi connectivity index (χ4v) is 1.62. The highest BCUT2D eigenvalue weighted by atomic mass is 32.2. The van der Waals surface area contributed by atoms with Gasteiger partial charge in [0.1, 0.15) is 5.75 Å². The molecule has 0 aliphatic heterocycles. The number of hydrogen-bond acceptors (Lipinski definition) is 3. The van der Waals surface area contributed by atoms with E-state index in [1.165, 1.54) is 12.1 Å². The molecule has 5 heteroatoms. The number of phenols is 1. The van der Waals surface area contributed by atoms with Crippen LogP contribution < -0.4 is 0 Å². The minimum Gasteiger partial charge on any atom is -0.508 e. The number of para-hydroxylation sites is 1. The van der Waals surface area contributed by atoms with Crippen molar-refractivity contribution in [2.75, 3.05) is 0 Å². The lowest BCUT2D eigenvalue weighted by Gasteiger charge is -1.95. The van der Waals surface area contributed by atoms with E-state index in [9.17, 15) is 8.42 Å². The Hall–Kier alpha value is -1.85. The second-order valence-corrected chi connectivity index (χ2v) is 5.05. The number of benzene rings is 2. The van der Waals surface area contributed by atoms with Crippen molar-refractivity contribution in [1.29, 1.82) is 0 Å². The van der Waals surface area contributed by atoms with Crippen LogP contribution in [0.3, 0.4) is 0 Å². The molecule has 0 aliphatic carbocycles. The molecule has 0 saturated carbocycles. The third-order valence-electron chi connectivity index (χ3n) is 2.08. The Morgan fingerprint density at radius 1 is 0.889 bits per heavy atom. The molecule has 2 rings (SSSR count). The first-order valence-corrected chi connectivity index (χ1v) is 6.62.